The molecule has 1 rings (SSSR count). The van der Waals surface area contributed by atoms with Crippen LogP contribution in [0.1, 0.15) is 25.0 Å². The number of thioether (sulfide) groups is 1. The maximum absolute atomic E-state index is 12.0. The molecule has 3 nitrogen and oxygen atoms in total. The van der Waals surface area contributed by atoms with Crippen molar-refractivity contribution in [3.63, 3.8) is 0 Å². The van der Waals surface area contributed by atoms with Crippen LogP contribution in [0, 0.1) is 11.3 Å². The second-order valence-electron chi connectivity index (χ2n) is 4.67. The second kappa shape index (κ2) is 8.44. The number of likely N-dealkylation sites (N-methyl/N-ethyl adjacent to an activating group) is 1. The van der Waals surface area contributed by atoms with Crippen LogP contribution in [0.2, 0.25) is 0 Å². The van der Waals surface area contributed by atoms with E-state index in [9.17, 15) is 4.79 Å². The molecule has 1 aromatic carbocycles. The zero-order valence-corrected chi connectivity index (χ0v) is 12.9. The van der Waals surface area contributed by atoms with Gasteiger partial charge in [-0.25, -0.2) is 0 Å². The van der Waals surface area contributed by atoms with Crippen LogP contribution in [0.4, 0.5) is 0 Å². The van der Waals surface area contributed by atoms with E-state index < -0.39 is 0 Å². The standard InChI is InChI=1S/C16H20N2OS/c1-4-18(10-13(2)3)16(19)12-20-11-15-7-5-14(9-17)6-8-15/h5-8H,2,4,10-12H2,1,3H3. The lowest BCUT2D eigenvalue weighted by Crippen LogP contribution is -2.33. The quantitative estimate of drug-likeness (QED) is 0.724. The number of nitriles is 1. The summed E-state index contributed by atoms with van der Waals surface area (Å²) in [6.45, 7) is 9.09. The van der Waals surface area contributed by atoms with Crippen molar-refractivity contribution in [1.82, 2.24) is 4.90 Å². The van der Waals surface area contributed by atoms with Crippen molar-refractivity contribution in [2.75, 3.05) is 18.8 Å². The van der Waals surface area contributed by atoms with Gasteiger partial charge in [0.05, 0.1) is 17.4 Å². The Labute approximate surface area is 125 Å². The lowest BCUT2D eigenvalue weighted by molar-refractivity contribution is -0.127. The van der Waals surface area contributed by atoms with Crippen LogP contribution in [-0.2, 0) is 10.5 Å². The van der Waals surface area contributed by atoms with Crippen molar-refractivity contribution in [3.05, 3.63) is 47.5 Å². The maximum Gasteiger partial charge on any atom is 0.232 e. The number of rotatable bonds is 7. The fraction of sp³-hybridized carbons (Fsp3) is 0.375. The molecule has 0 radical (unpaired) electrons. The van der Waals surface area contributed by atoms with Gasteiger partial charge in [0.15, 0.2) is 0 Å². The molecule has 0 unspecified atom stereocenters. The topological polar surface area (TPSA) is 44.1 Å². The highest BCUT2D eigenvalue weighted by molar-refractivity contribution is 7.99. The minimum atomic E-state index is 0.147. The fourth-order valence-corrected chi connectivity index (χ4v) is 2.61. The number of benzene rings is 1. The highest BCUT2D eigenvalue weighted by Crippen LogP contribution is 2.14. The summed E-state index contributed by atoms with van der Waals surface area (Å²) < 4.78 is 0. The summed E-state index contributed by atoms with van der Waals surface area (Å²) in [5.41, 5.74) is 2.79. The Kier molecular flexibility index (Phi) is 6.89. The van der Waals surface area contributed by atoms with Crippen LogP contribution < -0.4 is 0 Å². The Bertz CT molecular complexity index is 502. The SMILES string of the molecule is C=C(C)CN(CC)C(=O)CSCc1ccc(C#N)cc1. The molecule has 1 amide bonds. The van der Waals surface area contributed by atoms with Gasteiger partial charge in [-0.15, -0.1) is 11.8 Å². The first-order valence-corrected chi connectivity index (χ1v) is 7.71. The van der Waals surface area contributed by atoms with E-state index in [0.717, 1.165) is 16.9 Å². The molecule has 0 saturated heterocycles. The molecule has 0 saturated carbocycles. The summed E-state index contributed by atoms with van der Waals surface area (Å²) in [6.07, 6.45) is 0. The number of amides is 1. The van der Waals surface area contributed by atoms with Crippen LogP contribution >= 0.6 is 11.8 Å². The Hall–Kier alpha value is -1.73. The molecule has 0 aromatic heterocycles. The van der Waals surface area contributed by atoms with E-state index in [4.69, 9.17) is 5.26 Å². The molecule has 0 aliphatic rings. The van der Waals surface area contributed by atoms with Crippen LogP contribution in [0.15, 0.2) is 36.4 Å². The summed E-state index contributed by atoms with van der Waals surface area (Å²) in [5.74, 6) is 1.40. The number of carbonyl (C=O) groups is 1. The van der Waals surface area contributed by atoms with Gasteiger partial charge in [0, 0.05) is 18.8 Å². The first kappa shape index (κ1) is 16.3. The van der Waals surface area contributed by atoms with Gasteiger partial charge >= 0.3 is 0 Å². The van der Waals surface area contributed by atoms with E-state index >= 15 is 0 Å². The number of nitrogens with zero attached hydrogens (tertiary/aromatic N) is 2. The summed E-state index contributed by atoms with van der Waals surface area (Å²) in [4.78, 5) is 13.8. The zero-order valence-electron chi connectivity index (χ0n) is 12.1. The molecule has 20 heavy (non-hydrogen) atoms. The summed E-state index contributed by atoms with van der Waals surface area (Å²) in [7, 11) is 0. The molecule has 0 spiro atoms. The van der Waals surface area contributed by atoms with Crippen molar-refractivity contribution in [1.29, 1.82) is 5.26 Å². The molecule has 0 fully saturated rings. The van der Waals surface area contributed by atoms with Gasteiger partial charge in [-0.1, -0.05) is 24.3 Å². The molecular formula is C16H20N2OS. The average molecular weight is 288 g/mol. The molecule has 0 N–H and O–H groups in total. The van der Waals surface area contributed by atoms with Gasteiger partial charge in [0.2, 0.25) is 5.91 Å². The Balaban J connectivity index is 2.40. The number of hydrogen-bond acceptors (Lipinski definition) is 3. The van der Waals surface area contributed by atoms with Crippen molar-refractivity contribution >= 4 is 17.7 Å². The highest BCUT2D eigenvalue weighted by atomic mass is 32.2. The molecule has 4 heteroatoms. The van der Waals surface area contributed by atoms with Gasteiger partial charge < -0.3 is 4.90 Å². The third-order valence-corrected chi connectivity index (χ3v) is 3.76. The highest BCUT2D eigenvalue weighted by Gasteiger charge is 2.11. The van der Waals surface area contributed by atoms with Gasteiger partial charge in [-0.05, 0) is 31.5 Å². The van der Waals surface area contributed by atoms with Gasteiger partial charge in [0.1, 0.15) is 0 Å². The van der Waals surface area contributed by atoms with Crippen molar-refractivity contribution < 1.29 is 4.79 Å². The van der Waals surface area contributed by atoms with Crippen LogP contribution in [0.3, 0.4) is 0 Å². The van der Waals surface area contributed by atoms with Crippen LogP contribution in [0.5, 0.6) is 0 Å². The average Bonchev–Trinajstić information content (AvgIpc) is 2.45. The second-order valence-corrected chi connectivity index (χ2v) is 5.65. The van der Waals surface area contributed by atoms with E-state index in [0.29, 0.717) is 24.4 Å². The summed E-state index contributed by atoms with van der Waals surface area (Å²) in [5, 5.41) is 8.72. The predicted octanol–water partition coefficient (Wildman–Crippen LogP) is 3.22. The maximum atomic E-state index is 12.0. The molecule has 0 atom stereocenters. The van der Waals surface area contributed by atoms with Gasteiger partial charge in [-0.2, -0.15) is 5.26 Å². The Morgan fingerprint density at radius 1 is 1.40 bits per heavy atom. The van der Waals surface area contributed by atoms with Crippen LogP contribution in [-0.4, -0.2) is 29.6 Å². The third kappa shape index (κ3) is 5.50. The smallest absolute Gasteiger partial charge is 0.232 e. The van der Waals surface area contributed by atoms with Crippen LogP contribution in [0.25, 0.3) is 0 Å². The Morgan fingerprint density at radius 3 is 2.55 bits per heavy atom. The van der Waals surface area contributed by atoms with E-state index in [1.807, 2.05) is 30.9 Å². The minimum absolute atomic E-state index is 0.147. The number of carbonyl (C=O) groups excluding carboxylic acids is 1. The predicted molar refractivity (Wildman–Crippen MR) is 84.4 cm³/mol. The van der Waals surface area contributed by atoms with Crippen molar-refractivity contribution in [3.8, 4) is 6.07 Å². The van der Waals surface area contributed by atoms with Crippen molar-refractivity contribution in [2.24, 2.45) is 0 Å². The molecule has 0 aliphatic heterocycles. The molecular weight excluding hydrogens is 268 g/mol. The zero-order chi connectivity index (χ0) is 15.0. The first-order valence-electron chi connectivity index (χ1n) is 6.55. The van der Waals surface area contributed by atoms with Gasteiger partial charge in [-0.3, -0.25) is 4.79 Å². The molecule has 1 aromatic rings. The monoisotopic (exact) mass is 288 g/mol. The normalized spacial score (nSPS) is 9.85. The molecule has 0 bridgehead atoms. The minimum Gasteiger partial charge on any atom is -0.338 e. The van der Waals surface area contributed by atoms with E-state index in [2.05, 4.69) is 12.6 Å². The number of hydrogen-bond donors (Lipinski definition) is 0. The van der Waals surface area contributed by atoms with E-state index in [1.165, 1.54) is 0 Å². The first-order chi connectivity index (χ1) is 9.56. The lowest BCUT2D eigenvalue weighted by atomic mass is 10.2. The Morgan fingerprint density at radius 2 is 2.05 bits per heavy atom. The van der Waals surface area contributed by atoms with E-state index in [1.54, 1.807) is 23.9 Å². The largest absolute Gasteiger partial charge is 0.338 e. The molecule has 0 aliphatic carbocycles. The fourth-order valence-electron chi connectivity index (χ4n) is 1.73. The summed E-state index contributed by atoms with van der Waals surface area (Å²) in [6, 6.07) is 9.56. The third-order valence-electron chi connectivity index (χ3n) is 2.77. The summed E-state index contributed by atoms with van der Waals surface area (Å²) >= 11 is 1.59. The lowest BCUT2D eigenvalue weighted by Gasteiger charge is -2.20. The van der Waals surface area contributed by atoms with E-state index in [-0.39, 0.29) is 5.91 Å². The van der Waals surface area contributed by atoms with Gasteiger partial charge in [0.25, 0.3) is 0 Å². The molecule has 106 valence electrons. The molecule has 0 heterocycles. The van der Waals surface area contributed by atoms with Crippen molar-refractivity contribution in [2.45, 2.75) is 19.6 Å².